The molecule has 1 saturated carbocycles. The first kappa shape index (κ1) is 17.1. The Bertz CT molecular complexity index is 662. The first-order valence-corrected chi connectivity index (χ1v) is 8.98. The van der Waals surface area contributed by atoms with Crippen LogP contribution in [-0.4, -0.2) is 23.3 Å². The van der Waals surface area contributed by atoms with Crippen LogP contribution in [0.5, 0.6) is 11.5 Å². The van der Waals surface area contributed by atoms with Crippen molar-refractivity contribution >= 4 is 5.97 Å². The summed E-state index contributed by atoms with van der Waals surface area (Å²) in [5, 5.41) is 10.9. The van der Waals surface area contributed by atoms with E-state index in [1.54, 1.807) is 6.92 Å². The Kier molecular flexibility index (Phi) is 4.27. The molecule has 4 heteroatoms. The zero-order chi connectivity index (χ0) is 17.6. The van der Waals surface area contributed by atoms with Crippen molar-refractivity contribution in [1.82, 2.24) is 0 Å². The van der Waals surface area contributed by atoms with Crippen LogP contribution >= 0.6 is 0 Å². The van der Waals surface area contributed by atoms with E-state index in [9.17, 15) is 9.90 Å². The van der Waals surface area contributed by atoms with Gasteiger partial charge in [-0.05, 0) is 64.0 Å². The number of rotatable bonds is 2. The van der Waals surface area contributed by atoms with Gasteiger partial charge in [-0.2, -0.15) is 0 Å². The molecule has 3 rings (SSSR count). The third kappa shape index (κ3) is 2.66. The van der Waals surface area contributed by atoms with Crippen LogP contribution < -0.4 is 4.74 Å². The van der Waals surface area contributed by atoms with Crippen molar-refractivity contribution in [2.75, 3.05) is 6.61 Å². The lowest BCUT2D eigenvalue weighted by Crippen LogP contribution is -2.46. The van der Waals surface area contributed by atoms with Crippen molar-refractivity contribution in [2.45, 2.75) is 65.4 Å². The third-order valence-corrected chi connectivity index (χ3v) is 5.73. The number of ether oxygens (including phenoxy) is 2. The zero-order valence-electron chi connectivity index (χ0n) is 15.3. The number of carbonyl (C=O) groups is 1. The van der Waals surface area contributed by atoms with Crippen LogP contribution in [0.25, 0.3) is 0 Å². The standard InChI is InChI=1S/C20H28O4/c1-6-23-19(22)16-12(3)10-15-17(18(16)21)13-9-11(2)7-8-14(13)20(4,5)24-15/h10-11,13-14,21H,6-9H2,1-5H3/t11-,13-,14-/m1/s1. The minimum Gasteiger partial charge on any atom is -0.507 e. The number of esters is 1. The van der Waals surface area contributed by atoms with Gasteiger partial charge in [0.05, 0.1) is 6.61 Å². The predicted molar refractivity (Wildman–Crippen MR) is 92.8 cm³/mol. The lowest BCUT2D eigenvalue weighted by molar-refractivity contribution is -0.0146. The third-order valence-electron chi connectivity index (χ3n) is 5.73. The average molecular weight is 332 g/mol. The molecule has 0 bridgehead atoms. The fourth-order valence-electron chi connectivity index (χ4n) is 4.58. The van der Waals surface area contributed by atoms with Crippen LogP contribution in [0.2, 0.25) is 0 Å². The summed E-state index contributed by atoms with van der Waals surface area (Å²) in [5.74, 6) is 1.51. The molecule has 3 atom stereocenters. The van der Waals surface area contributed by atoms with Crippen LogP contribution in [0.15, 0.2) is 6.07 Å². The highest BCUT2D eigenvalue weighted by atomic mass is 16.5. The minimum absolute atomic E-state index is 0.0584. The number of aromatic hydroxyl groups is 1. The lowest BCUT2D eigenvalue weighted by Gasteiger charge is -2.49. The molecule has 1 fully saturated rings. The highest BCUT2D eigenvalue weighted by Gasteiger charge is 2.47. The second-order valence-electron chi connectivity index (χ2n) is 7.89. The van der Waals surface area contributed by atoms with E-state index >= 15 is 0 Å². The molecule has 0 radical (unpaired) electrons. The van der Waals surface area contributed by atoms with E-state index in [0.29, 0.717) is 24.0 Å². The molecule has 1 aromatic rings. The molecular weight excluding hydrogens is 304 g/mol. The van der Waals surface area contributed by atoms with Crippen LogP contribution in [0.3, 0.4) is 0 Å². The average Bonchev–Trinajstić information content (AvgIpc) is 2.45. The van der Waals surface area contributed by atoms with Crippen molar-refractivity contribution in [3.8, 4) is 11.5 Å². The van der Waals surface area contributed by atoms with Gasteiger partial charge in [0.25, 0.3) is 0 Å². The number of aryl methyl sites for hydroxylation is 1. The summed E-state index contributed by atoms with van der Waals surface area (Å²) < 4.78 is 11.4. The Balaban J connectivity index is 2.15. The van der Waals surface area contributed by atoms with E-state index in [1.807, 2.05) is 13.0 Å². The Hall–Kier alpha value is -1.71. The van der Waals surface area contributed by atoms with Gasteiger partial charge in [-0.25, -0.2) is 4.79 Å². The molecule has 0 amide bonds. The van der Waals surface area contributed by atoms with Gasteiger partial charge in [-0.1, -0.05) is 13.3 Å². The zero-order valence-corrected chi connectivity index (χ0v) is 15.3. The molecule has 4 nitrogen and oxygen atoms in total. The van der Waals surface area contributed by atoms with E-state index in [1.165, 1.54) is 6.42 Å². The van der Waals surface area contributed by atoms with Crippen molar-refractivity contribution in [1.29, 1.82) is 0 Å². The predicted octanol–water partition coefficient (Wildman–Crippen LogP) is 4.57. The van der Waals surface area contributed by atoms with Crippen LogP contribution in [-0.2, 0) is 4.74 Å². The molecule has 1 N–H and O–H groups in total. The number of fused-ring (bicyclic) bond motifs is 3. The van der Waals surface area contributed by atoms with E-state index in [0.717, 1.165) is 24.2 Å². The molecule has 0 saturated heterocycles. The maximum atomic E-state index is 12.3. The molecule has 1 aliphatic carbocycles. The van der Waals surface area contributed by atoms with Gasteiger partial charge in [0.2, 0.25) is 0 Å². The fourth-order valence-corrected chi connectivity index (χ4v) is 4.58. The minimum atomic E-state index is -0.458. The van der Waals surface area contributed by atoms with E-state index in [-0.39, 0.29) is 22.8 Å². The van der Waals surface area contributed by atoms with Gasteiger partial charge in [0.15, 0.2) is 0 Å². The van der Waals surface area contributed by atoms with Crippen LogP contribution in [0, 0.1) is 18.8 Å². The molecule has 1 aliphatic heterocycles. The van der Waals surface area contributed by atoms with Crippen LogP contribution in [0.4, 0.5) is 0 Å². The molecule has 1 aromatic carbocycles. The topological polar surface area (TPSA) is 55.8 Å². The first-order chi connectivity index (χ1) is 11.3. The number of phenols is 1. The molecule has 0 spiro atoms. The normalized spacial score (nSPS) is 27.6. The Labute approximate surface area is 144 Å². The molecule has 0 aromatic heterocycles. The molecule has 1 heterocycles. The maximum Gasteiger partial charge on any atom is 0.342 e. The molecule has 24 heavy (non-hydrogen) atoms. The molecular formula is C20H28O4. The SMILES string of the molecule is CCOC(=O)c1c(C)cc2c(c1O)[C@@H]1C[C@H](C)CC[C@H]1C(C)(C)O2. The summed E-state index contributed by atoms with van der Waals surface area (Å²) in [5.41, 5.74) is 1.53. The van der Waals surface area contributed by atoms with E-state index in [4.69, 9.17) is 9.47 Å². The number of carbonyl (C=O) groups excluding carboxylic acids is 1. The second kappa shape index (κ2) is 5.98. The highest BCUT2D eigenvalue weighted by Crippen LogP contribution is 2.56. The summed E-state index contributed by atoms with van der Waals surface area (Å²) in [6, 6.07) is 1.89. The smallest absolute Gasteiger partial charge is 0.342 e. The fraction of sp³-hybridized carbons (Fsp3) is 0.650. The van der Waals surface area contributed by atoms with Gasteiger partial charge in [0, 0.05) is 11.5 Å². The summed E-state index contributed by atoms with van der Waals surface area (Å²) in [4.78, 5) is 12.3. The number of hydrogen-bond acceptors (Lipinski definition) is 4. The first-order valence-electron chi connectivity index (χ1n) is 8.98. The Morgan fingerprint density at radius 2 is 2.12 bits per heavy atom. The van der Waals surface area contributed by atoms with Gasteiger partial charge in [-0.3, -0.25) is 0 Å². The molecule has 0 unspecified atom stereocenters. The molecule has 2 aliphatic rings. The maximum absolute atomic E-state index is 12.3. The monoisotopic (exact) mass is 332 g/mol. The number of hydrogen-bond donors (Lipinski definition) is 1. The Morgan fingerprint density at radius 1 is 1.42 bits per heavy atom. The quantitative estimate of drug-likeness (QED) is 0.806. The Morgan fingerprint density at radius 3 is 2.79 bits per heavy atom. The van der Waals surface area contributed by atoms with Gasteiger partial charge in [0.1, 0.15) is 22.7 Å². The molecule has 132 valence electrons. The summed E-state index contributed by atoms with van der Waals surface area (Å²) in [7, 11) is 0. The van der Waals surface area contributed by atoms with Gasteiger partial charge in [-0.15, -0.1) is 0 Å². The van der Waals surface area contributed by atoms with Crippen molar-refractivity contribution in [2.24, 2.45) is 11.8 Å². The van der Waals surface area contributed by atoms with E-state index < -0.39 is 5.97 Å². The van der Waals surface area contributed by atoms with Gasteiger partial charge < -0.3 is 14.6 Å². The summed E-state index contributed by atoms with van der Waals surface area (Å²) in [6.45, 7) is 10.4. The second-order valence-corrected chi connectivity index (χ2v) is 7.89. The van der Waals surface area contributed by atoms with Gasteiger partial charge >= 0.3 is 5.97 Å². The number of phenolic OH excluding ortho intramolecular Hbond substituents is 1. The highest BCUT2D eigenvalue weighted by molar-refractivity contribution is 5.95. The van der Waals surface area contributed by atoms with Crippen molar-refractivity contribution in [3.05, 3.63) is 22.8 Å². The largest absolute Gasteiger partial charge is 0.507 e. The number of benzene rings is 1. The van der Waals surface area contributed by atoms with E-state index in [2.05, 4.69) is 20.8 Å². The summed E-state index contributed by atoms with van der Waals surface area (Å²) >= 11 is 0. The van der Waals surface area contributed by atoms with Crippen molar-refractivity contribution in [3.63, 3.8) is 0 Å². The van der Waals surface area contributed by atoms with Crippen molar-refractivity contribution < 1.29 is 19.4 Å². The summed E-state index contributed by atoms with van der Waals surface area (Å²) in [6.07, 6.45) is 3.28. The van der Waals surface area contributed by atoms with Crippen LogP contribution in [0.1, 0.15) is 74.4 Å². The lowest BCUT2D eigenvalue weighted by atomic mass is 9.64.